The molecule has 0 fully saturated rings. The van der Waals surface area contributed by atoms with Crippen LogP contribution < -0.4 is 20.1 Å². The van der Waals surface area contributed by atoms with E-state index in [-0.39, 0.29) is 6.03 Å². The van der Waals surface area contributed by atoms with E-state index in [2.05, 4.69) is 33.8 Å². The van der Waals surface area contributed by atoms with Crippen LogP contribution in [0, 0.1) is 0 Å². The number of benzene rings is 3. The fourth-order valence-electron chi connectivity index (χ4n) is 3.19. The molecule has 0 radical (unpaired) electrons. The Balaban J connectivity index is 1.51. The van der Waals surface area contributed by atoms with Crippen LogP contribution in [-0.2, 0) is 0 Å². The molecule has 2 amide bonds. The van der Waals surface area contributed by atoms with Gasteiger partial charge in [-0.3, -0.25) is 0 Å². The average molecular weight is 387 g/mol. The SMILES string of the molecule is COc1ccc(NC(=O)Nc2cccc(-c3ccc4cc[nH]c4c3)c2)c(OC)c1. The third kappa shape index (κ3) is 4.01. The number of urea groups is 1. The molecule has 0 bridgehead atoms. The molecular weight excluding hydrogens is 366 g/mol. The van der Waals surface area contributed by atoms with Crippen molar-refractivity contribution in [1.82, 2.24) is 4.98 Å². The van der Waals surface area contributed by atoms with E-state index in [0.717, 1.165) is 22.0 Å². The molecule has 29 heavy (non-hydrogen) atoms. The first-order valence-corrected chi connectivity index (χ1v) is 9.14. The first kappa shape index (κ1) is 18.4. The zero-order valence-electron chi connectivity index (χ0n) is 16.2. The molecule has 0 unspecified atom stereocenters. The smallest absolute Gasteiger partial charge is 0.323 e. The van der Waals surface area contributed by atoms with Gasteiger partial charge in [0, 0.05) is 23.5 Å². The van der Waals surface area contributed by atoms with Gasteiger partial charge in [0.25, 0.3) is 0 Å². The number of nitrogens with one attached hydrogen (secondary N) is 3. The quantitative estimate of drug-likeness (QED) is 0.423. The van der Waals surface area contributed by atoms with Gasteiger partial charge in [-0.25, -0.2) is 4.79 Å². The molecule has 6 nitrogen and oxygen atoms in total. The largest absolute Gasteiger partial charge is 0.497 e. The highest BCUT2D eigenvalue weighted by Gasteiger charge is 2.10. The van der Waals surface area contributed by atoms with Crippen molar-refractivity contribution < 1.29 is 14.3 Å². The number of amides is 2. The molecule has 0 spiro atoms. The molecule has 6 heteroatoms. The number of H-pyrrole nitrogens is 1. The van der Waals surface area contributed by atoms with Crippen molar-refractivity contribution >= 4 is 28.3 Å². The van der Waals surface area contributed by atoms with Gasteiger partial charge < -0.3 is 25.1 Å². The van der Waals surface area contributed by atoms with Gasteiger partial charge in [-0.05, 0) is 52.9 Å². The molecule has 0 aliphatic heterocycles. The van der Waals surface area contributed by atoms with Crippen molar-refractivity contribution in [3.63, 3.8) is 0 Å². The standard InChI is InChI=1S/C23H21N3O3/c1-28-19-8-9-20(22(14-19)29-2)26-23(27)25-18-5-3-4-16(12-18)17-7-6-15-10-11-24-21(15)13-17/h3-14,24H,1-2H3,(H2,25,26,27). The van der Waals surface area contributed by atoms with Crippen molar-refractivity contribution in [3.05, 3.63) is 72.9 Å². The highest BCUT2D eigenvalue weighted by atomic mass is 16.5. The lowest BCUT2D eigenvalue weighted by Gasteiger charge is -2.13. The van der Waals surface area contributed by atoms with Crippen molar-refractivity contribution in [3.8, 4) is 22.6 Å². The van der Waals surface area contributed by atoms with E-state index in [4.69, 9.17) is 9.47 Å². The van der Waals surface area contributed by atoms with Crippen molar-refractivity contribution in [2.24, 2.45) is 0 Å². The number of anilines is 2. The predicted octanol–water partition coefficient (Wildman–Crippen LogP) is 5.50. The number of rotatable bonds is 5. The van der Waals surface area contributed by atoms with Gasteiger partial charge in [0.15, 0.2) is 0 Å². The highest BCUT2D eigenvalue weighted by molar-refractivity contribution is 6.01. The molecular formula is C23H21N3O3. The molecule has 3 aromatic carbocycles. The van der Waals surface area contributed by atoms with Gasteiger partial charge in [-0.1, -0.05) is 24.3 Å². The van der Waals surface area contributed by atoms with Crippen molar-refractivity contribution in [2.75, 3.05) is 24.9 Å². The van der Waals surface area contributed by atoms with Gasteiger partial charge in [0.05, 0.1) is 19.9 Å². The molecule has 0 saturated carbocycles. The second-order valence-corrected chi connectivity index (χ2v) is 6.51. The number of aromatic nitrogens is 1. The van der Waals surface area contributed by atoms with Crippen molar-refractivity contribution in [2.45, 2.75) is 0 Å². The average Bonchev–Trinajstić information content (AvgIpc) is 3.22. The third-order valence-electron chi connectivity index (χ3n) is 4.67. The van der Waals surface area contributed by atoms with Crippen molar-refractivity contribution in [1.29, 1.82) is 0 Å². The Bertz CT molecular complexity index is 1170. The lowest BCUT2D eigenvalue weighted by atomic mass is 10.0. The van der Waals surface area contributed by atoms with Crippen LogP contribution in [0.15, 0.2) is 72.9 Å². The third-order valence-corrected chi connectivity index (χ3v) is 4.67. The maximum absolute atomic E-state index is 12.5. The summed E-state index contributed by atoms with van der Waals surface area (Å²) < 4.78 is 10.5. The number of carbonyl (C=O) groups excluding carboxylic acids is 1. The maximum Gasteiger partial charge on any atom is 0.323 e. The monoisotopic (exact) mass is 387 g/mol. The van der Waals surface area contributed by atoms with E-state index < -0.39 is 0 Å². The summed E-state index contributed by atoms with van der Waals surface area (Å²) in [4.78, 5) is 15.7. The maximum atomic E-state index is 12.5. The van der Waals surface area contributed by atoms with Crippen LogP contribution in [-0.4, -0.2) is 25.2 Å². The molecule has 0 saturated heterocycles. The Morgan fingerprint density at radius 2 is 1.72 bits per heavy atom. The number of fused-ring (bicyclic) bond motifs is 1. The molecule has 1 heterocycles. The second-order valence-electron chi connectivity index (χ2n) is 6.51. The predicted molar refractivity (Wildman–Crippen MR) is 116 cm³/mol. The van der Waals surface area contributed by atoms with Gasteiger partial charge in [0.2, 0.25) is 0 Å². The summed E-state index contributed by atoms with van der Waals surface area (Å²) in [5.74, 6) is 1.17. The number of hydrogen-bond donors (Lipinski definition) is 3. The number of hydrogen-bond acceptors (Lipinski definition) is 3. The van der Waals surface area contributed by atoms with Crippen LogP contribution in [0.3, 0.4) is 0 Å². The number of aromatic amines is 1. The van der Waals surface area contributed by atoms with Crippen LogP contribution >= 0.6 is 0 Å². The summed E-state index contributed by atoms with van der Waals surface area (Å²) in [6.07, 6.45) is 1.92. The van der Waals surface area contributed by atoms with E-state index in [1.54, 1.807) is 32.4 Å². The molecule has 4 aromatic rings. The topological polar surface area (TPSA) is 75.4 Å². The van der Waals surface area contributed by atoms with Gasteiger partial charge >= 0.3 is 6.03 Å². The normalized spacial score (nSPS) is 10.6. The van der Waals surface area contributed by atoms with Crippen LogP contribution in [0.5, 0.6) is 11.5 Å². The minimum absolute atomic E-state index is 0.356. The summed E-state index contributed by atoms with van der Waals surface area (Å²) in [5, 5.41) is 6.84. The van der Waals surface area contributed by atoms with Crippen LogP contribution in [0.1, 0.15) is 0 Å². The Labute approximate surface area is 168 Å². The lowest BCUT2D eigenvalue weighted by molar-refractivity contribution is 0.262. The molecule has 0 aliphatic rings. The Hall–Kier alpha value is -3.93. The van der Waals surface area contributed by atoms with Gasteiger partial charge in [0.1, 0.15) is 11.5 Å². The fourth-order valence-corrected chi connectivity index (χ4v) is 3.19. The number of methoxy groups -OCH3 is 2. The molecule has 4 rings (SSSR count). The van der Waals surface area contributed by atoms with Gasteiger partial charge in [-0.2, -0.15) is 0 Å². The summed E-state index contributed by atoms with van der Waals surface area (Å²) in [6, 6.07) is 20.8. The Kier molecular flexibility index (Phi) is 5.07. The summed E-state index contributed by atoms with van der Waals surface area (Å²) in [7, 11) is 3.12. The lowest BCUT2D eigenvalue weighted by Crippen LogP contribution is -2.19. The number of carbonyl (C=O) groups is 1. The fraction of sp³-hybridized carbons (Fsp3) is 0.0870. The molecule has 0 aliphatic carbocycles. The Morgan fingerprint density at radius 1 is 0.862 bits per heavy atom. The minimum atomic E-state index is -0.356. The van der Waals surface area contributed by atoms with Crippen LogP contribution in [0.4, 0.5) is 16.2 Å². The zero-order valence-corrected chi connectivity index (χ0v) is 16.2. The molecule has 0 atom stereocenters. The van der Waals surface area contributed by atoms with E-state index in [1.165, 1.54) is 0 Å². The summed E-state index contributed by atoms with van der Waals surface area (Å²) in [5.41, 5.74) is 4.41. The van der Waals surface area contributed by atoms with E-state index in [1.807, 2.05) is 36.5 Å². The first-order valence-electron chi connectivity index (χ1n) is 9.14. The van der Waals surface area contributed by atoms with Gasteiger partial charge in [-0.15, -0.1) is 0 Å². The Morgan fingerprint density at radius 3 is 2.55 bits per heavy atom. The van der Waals surface area contributed by atoms with E-state index in [9.17, 15) is 4.79 Å². The zero-order chi connectivity index (χ0) is 20.2. The van der Waals surface area contributed by atoms with Crippen LogP contribution in [0.2, 0.25) is 0 Å². The minimum Gasteiger partial charge on any atom is -0.497 e. The first-order chi connectivity index (χ1) is 14.2. The van der Waals surface area contributed by atoms with Crippen LogP contribution in [0.25, 0.3) is 22.0 Å². The van der Waals surface area contributed by atoms with E-state index >= 15 is 0 Å². The molecule has 1 aromatic heterocycles. The van der Waals surface area contributed by atoms with E-state index in [0.29, 0.717) is 22.9 Å². The second kappa shape index (κ2) is 7.98. The number of ether oxygens (including phenoxy) is 2. The highest BCUT2D eigenvalue weighted by Crippen LogP contribution is 2.29. The summed E-state index contributed by atoms with van der Waals surface area (Å²) in [6.45, 7) is 0. The molecule has 3 N–H and O–H groups in total. The molecule has 146 valence electrons. The summed E-state index contributed by atoms with van der Waals surface area (Å²) >= 11 is 0.